The molecule has 0 bridgehead atoms. The first kappa shape index (κ1) is 14.9. The molecule has 2 aromatic rings. The zero-order valence-corrected chi connectivity index (χ0v) is 12.7. The molecule has 0 saturated carbocycles. The van der Waals surface area contributed by atoms with Gasteiger partial charge in [-0.2, -0.15) is 5.26 Å². The summed E-state index contributed by atoms with van der Waals surface area (Å²) in [5.41, 5.74) is 1.64. The minimum Gasteiger partial charge on any atom is -0.495 e. The summed E-state index contributed by atoms with van der Waals surface area (Å²) >= 11 is 7.50. The highest BCUT2D eigenvalue weighted by molar-refractivity contribution is 7.16. The standard InChI is InChI=1S/C15H15ClN2OS/c1-19-14-4-2-11(8-12(14)9-17)10-18-7-6-13-3-5-15(16)20-13/h2-5,8,18H,6-7,10H2,1H3. The van der Waals surface area contributed by atoms with Crippen LogP contribution in [0.3, 0.4) is 0 Å². The molecule has 1 aromatic carbocycles. The minimum absolute atomic E-state index is 0.567. The Kier molecular flexibility index (Phi) is 5.42. The van der Waals surface area contributed by atoms with Gasteiger partial charge in [0, 0.05) is 18.0 Å². The van der Waals surface area contributed by atoms with Gasteiger partial charge in [-0.3, -0.25) is 0 Å². The zero-order chi connectivity index (χ0) is 14.4. The molecule has 0 atom stereocenters. The van der Waals surface area contributed by atoms with Crippen LogP contribution in [0, 0.1) is 11.3 Å². The average Bonchev–Trinajstić information content (AvgIpc) is 2.89. The topological polar surface area (TPSA) is 45.0 Å². The average molecular weight is 307 g/mol. The number of hydrogen-bond acceptors (Lipinski definition) is 4. The van der Waals surface area contributed by atoms with Gasteiger partial charge in [0.25, 0.3) is 0 Å². The fourth-order valence-electron chi connectivity index (χ4n) is 1.88. The lowest BCUT2D eigenvalue weighted by Crippen LogP contribution is -2.16. The van der Waals surface area contributed by atoms with E-state index < -0.39 is 0 Å². The molecule has 3 nitrogen and oxygen atoms in total. The molecule has 2 rings (SSSR count). The van der Waals surface area contributed by atoms with Crippen LogP contribution >= 0.6 is 22.9 Å². The van der Waals surface area contributed by atoms with Crippen molar-refractivity contribution in [2.24, 2.45) is 0 Å². The lowest BCUT2D eigenvalue weighted by atomic mass is 10.1. The molecule has 1 heterocycles. The number of nitriles is 1. The van der Waals surface area contributed by atoms with Crippen LogP contribution in [0.1, 0.15) is 16.0 Å². The maximum Gasteiger partial charge on any atom is 0.136 e. The van der Waals surface area contributed by atoms with Crippen LogP contribution < -0.4 is 10.1 Å². The van der Waals surface area contributed by atoms with Crippen LogP contribution in [0.5, 0.6) is 5.75 Å². The summed E-state index contributed by atoms with van der Waals surface area (Å²) in [6.07, 6.45) is 0.957. The Hall–Kier alpha value is -1.54. The first-order valence-electron chi connectivity index (χ1n) is 6.25. The monoisotopic (exact) mass is 306 g/mol. The Bertz CT molecular complexity index is 619. The summed E-state index contributed by atoms with van der Waals surface area (Å²) in [5.74, 6) is 0.615. The van der Waals surface area contributed by atoms with Gasteiger partial charge < -0.3 is 10.1 Å². The van der Waals surface area contributed by atoms with E-state index in [4.69, 9.17) is 21.6 Å². The molecule has 0 aliphatic rings. The number of methoxy groups -OCH3 is 1. The van der Waals surface area contributed by atoms with Crippen LogP contribution in [-0.4, -0.2) is 13.7 Å². The highest BCUT2D eigenvalue weighted by Gasteiger charge is 2.03. The summed E-state index contributed by atoms with van der Waals surface area (Å²) in [6.45, 7) is 1.61. The summed E-state index contributed by atoms with van der Waals surface area (Å²) in [5, 5.41) is 12.4. The molecule has 0 radical (unpaired) electrons. The Morgan fingerprint density at radius 3 is 2.85 bits per heavy atom. The third-order valence-electron chi connectivity index (χ3n) is 2.89. The van der Waals surface area contributed by atoms with Crippen molar-refractivity contribution in [1.82, 2.24) is 5.32 Å². The molecule has 0 saturated heterocycles. The van der Waals surface area contributed by atoms with E-state index in [1.807, 2.05) is 24.3 Å². The molecule has 104 valence electrons. The number of benzene rings is 1. The molecule has 1 N–H and O–H groups in total. The van der Waals surface area contributed by atoms with E-state index in [2.05, 4.69) is 17.5 Å². The van der Waals surface area contributed by atoms with Crippen LogP contribution in [-0.2, 0) is 13.0 Å². The third kappa shape index (κ3) is 3.97. The lowest BCUT2D eigenvalue weighted by molar-refractivity contribution is 0.413. The molecule has 20 heavy (non-hydrogen) atoms. The van der Waals surface area contributed by atoms with Crippen molar-refractivity contribution in [2.45, 2.75) is 13.0 Å². The molecular formula is C15H15ClN2OS. The van der Waals surface area contributed by atoms with E-state index in [1.54, 1.807) is 18.4 Å². The van der Waals surface area contributed by atoms with Gasteiger partial charge in [0.05, 0.1) is 17.0 Å². The Morgan fingerprint density at radius 2 is 2.20 bits per heavy atom. The molecule has 0 spiro atoms. The molecular weight excluding hydrogens is 292 g/mol. The van der Waals surface area contributed by atoms with E-state index in [9.17, 15) is 0 Å². The van der Waals surface area contributed by atoms with E-state index in [0.717, 1.165) is 29.4 Å². The van der Waals surface area contributed by atoms with Crippen LogP contribution in [0.25, 0.3) is 0 Å². The van der Waals surface area contributed by atoms with Gasteiger partial charge in [-0.05, 0) is 36.2 Å². The van der Waals surface area contributed by atoms with Crippen molar-refractivity contribution < 1.29 is 4.74 Å². The molecule has 1 aromatic heterocycles. The van der Waals surface area contributed by atoms with Crippen LogP contribution in [0.15, 0.2) is 30.3 Å². The second-order valence-electron chi connectivity index (χ2n) is 4.28. The fourth-order valence-corrected chi connectivity index (χ4v) is 2.97. The highest BCUT2D eigenvalue weighted by atomic mass is 35.5. The SMILES string of the molecule is COc1ccc(CNCCc2ccc(Cl)s2)cc1C#N. The van der Waals surface area contributed by atoms with Crippen molar-refractivity contribution in [3.63, 3.8) is 0 Å². The summed E-state index contributed by atoms with van der Waals surface area (Å²) in [4.78, 5) is 1.27. The Morgan fingerprint density at radius 1 is 1.35 bits per heavy atom. The van der Waals surface area contributed by atoms with E-state index in [0.29, 0.717) is 11.3 Å². The summed E-state index contributed by atoms with van der Waals surface area (Å²) in [7, 11) is 1.57. The second-order valence-corrected chi connectivity index (χ2v) is 6.08. The zero-order valence-electron chi connectivity index (χ0n) is 11.1. The molecule has 0 amide bonds. The van der Waals surface area contributed by atoms with Gasteiger partial charge in [-0.25, -0.2) is 0 Å². The van der Waals surface area contributed by atoms with Crippen LogP contribution in [0.4, 0.5) is 0 Å². The largest absolute Gasteiger partial charge is 0.495 e. The number of ether oxygens (including phenoxy) is 1. The number of rotatable bonds is 6. The smallest absolute Gasteiger partial charge is 0.136 e. The number of halogens is 1. The molecule has 0 aliphatic carbocycles. The Labute approximate surface area is 127 Å². The fraction of sp³-hybridized carbons (Fsp3) is 0.267. The van der Waals surface area contributed by atoms with E-state index in [-0.39, 0.29) is 0 Å². The maximum atomic E-state index is 9.04. The van der Waals surface area contributed by atoms with Crippen molar-refractivity contribution in [2.75, 3.05) is 13.7 Å². The first-order chi connectivity index (χ1) is 9.72. The van der Waals surface area contributed by atoms with Crippen molar-refractivity contribution in [3.05, 3.63) is 50.7 Å². The summed E-state index contributed by atoms with van der Waals surface area (Å²) < 4.78 is 5.95. The number of nitrogens with one attached hydrogen (secondary N) is 1. The van der Waals surface area contributed by atoms with E-state index in [1.165, 1.54) is 4.88 Å². The van der Waals surface area contributed by atoms with Crippen LogP contribution in [0.2, 0.25) is 4.34 Å². The van der Waals surface area contributed by atoms with Gasteiger partial charge in [0.15, 0.2) is 0 Å². The second kappa shape index (κ2) is 7.30. The molecule has 0 aliphatic heterocycles. The van der Waals surface area contributed by atoms with Crippen molar-refractivity contribution in [1.29, 1.82) is 5.26 Å². The van der Waals surface area contributed by atoms with E-state index >= 15 is 0 Å². The van der Waals surface area contributed by atoms with Crippen molar-refractivity contribution in [3.8, 4) is 11.8 Å². The lowest BCUT2D eigenvalue weighted by Gasteiger charge is -2.07. The highest BCUT2D eigenvalue weighted by Crippen LogP contribution is 2.21. The summed E-state index contributed by atoms with van der Waals surface area (Å²) in [6, 6.07) is 11.8. The van der Waals surface area contributed by atoms with Gasteiger partial charge in [-0.15, -0.1) is 11.3 Å². The first-order valence-corrected chi connectivity index (χ1v) is 7.44. The molecule has 5 heteroatoms. The Balaban J connectivity index is 1.84. The third-order valence-corrected chi connectivity index (χ3v) is 4.18. The predicted molar refractivity (Wildman–Crippen MR) is 82.4 cm³/mol. The number of hydrogen-bond donors (Lipinski definition) is 1. The van der Waals surface area contributed by atoms with Gasteiger partial charge in [0.2, 0.25) is 0 Å². The quantitative estimate of drug-likeness (QED) is 0.829. The van der Waals surface area contributed by atoms with Gasteiger partial charge in [-0.1, -0.05) is 17.7 Å². The maximum absolute atomic E-state index is 9.04. The molecule has 0 unspecified atom stereocenters. The van der Waals surface area contributed by atoms with Crippen molar-refractivity contribution >= 4 is 22.9 Å². The number of nitrogens with zero attached hydrogens (tertiary/aromatic N) is 1. The minimum atomic E-state index is 0.567. The number of thiophene rings is 1. The predicted octanol–water partition coefficient (Wildman–Crippen LogP) is 3.61. The normalized spacial score (nSPS) is 10.2. The molecule has 0 fully saturated rings. The van der Waals surface area contributed by atoms with Gasteiger partial charge >= 0.3 is 0 Å². The van der Waals surface area contributed by atoms with Gasteiger partial charge in [0.1, 0.15) is 11.8 Å².